The highest BCUT2D eigenvalue weighted by atomic mass is 19.4. The summed E-state index contributed by atoms with van der Waals surface area (Å²) in [5, 5.41) is 9.20. The SMILES string of the molecule is Cc1cccc(C(c2cccc(C(F)(F)F)c2)N2CCC(C(=O)O)CC2)n1. The number of hydrogen-bond donors (Lipinski definition) is 1. The number of carbonyl (C=O) groups is 1. The number of hydrogen-bond acceptors (Lipinski definition) is 3. The summed E-state index contributed by atoms with van der Waals surface area (Å²) in [6, 6.07) is 10.3. The van der Waals surface area contributed by atoms with Crippen molar-refractivity contribution in [3.63, 3.8) is 0 Å². The van der Waals surface area contributed by atoms with Crippen molar-refractivity contribution in [2.45, 2.75) is 32.0 Å². The zero-order valence-electron chi connectivity index (χ0n) is 14.9. The minimum Gasteiger partial charge on any atom is -0.481 e. The molecule has 0 saturated carbocycles. The topological polar surface area (TPSA) is 53.4 Å². The second kappa shape index (κ2) is 7.68. The van der Waals surface area contributed by atoms with Crippen LogP contribution in [0.15, 0.2) is 42.5 Å². The molecule has 0 spiro atoms. The molecule has 144 valence electrons. The number of aryl methyl sites for hydroxylation is 1. The fraction of sp³-hybridized carbons (Fsp3) is 0.400. The molecule has 2 aromatic rings. The van der Waals surface area contributed by atoms with Gasteiger partial charge in [-0.15, -0.1) is 0 Å². The third-order valence-corrected chi connectivity index (χ3v) is 4.96. The van der Waals surface area contributed by atoms with Crippen LogP contribution in [0.4, 0.5) is 13.2 Å². The van der Waals surface area contributed by atoms with Gasteiger partial charge in [-0.1, -0.05) is 18.2 Å². The fourth-order valence-corrected chi connectivity index (χ4v) is 3.57. The number of likely N-dealkylation sites (tertiary alicyclic amines) is 1. The van der Waals surface area contributed by atoms with Crippen LogP contribution in [-0.2, 0) is 11.0 Å². The predicted octanol–water partition coefficient (Wildman–Crippen LogP) is 4.29. The van der Waals surface area contributed by atoms with Crippen LogP contribution in [0, 0.1) is 12.8 Å². The number of nitrogens with zero attached hydrogens (tertiary/aromatic N) is 2. The van der Waals surface area contributed by atoms with Crippen molar-refractivity contribution in [3.8, 4) is 0 Å². The second-order valence-electron chi connectivity index (χ2n) is 6.88. The van der Waals surface area contributed by atoms with E-state index >= 15 is 0 Å². The van der Waals surface area contributed by atoms with Gasteiger partial charge in [0.1, 0.15) is 0 Å². The Balaban J connectivity index is 1.98. The summed E-state index contributed by atoms with van der Waals surface area (Å²) in [6.07, 6.45) is -3.48. The number of pyridine rings is 1. The summed E-state index contributed by atoms with van der Waals surface area (Å²) < 4.78 is 39.6. The van der Waals surface area contributed by atoms with Crippen LogP contribution in [0.2, 0.25) is 0 Å². The highest BCUT2D eigenvalue weighted by Gasteiger charge is 2.34. The van der Waals surface area contributed by atoms with E-state index in [1.54, 1.807) is 12.1 Å². The summed E-state index contributed by atoms with van der Waals surface area (Å²) in [6.45, 7) is 2.82. The molecule has 1 aliphatic rings. The van der Waals surface area contributed by atoms with E-state index in [-0.39, 0.29) is 0 Å². The van der Waals surface area contributed by atoms with Crippen molar-refractivity contribution in [1.29, 1.82) is 0 Å². The third-order valence-electron chi connectivity index (χ3n) is 4.96. The van der Waals surface area contributed by atoms with Gasteiger partial charge in [0.05, 0.1) is 23.2 Å². The molecule has 1 unspecified atom stereocenters. The average molecular weight is 378 g/mol. The Bertz CT molecular complexity index is 815. The highest BCUT2D eigenvalue weighted by molar-refractivity contribution is 5.70. The minimum absolute atomic E-state index is 0.408. The lowest BCUT2D eigenvalue weighted by atomic mass is 9.92. The molecular weight excluding hydrogens is 357 g/mol. The summed E-state index contributed by atoms with van der Waals surface area (Å²) in [5.41, 5.74) is 1.27. The highest BCUT2D eigenvalue weighted by Crippen LogP contribution is 2.35. The molecule has 0 bridgehead atoms. The Morgan fingerprint density at radius 3 is 2.44 bits per heavy atom. The second-order valence-corrected chi connectivity index (χ2v) is 6.88. The third kappa shape index (κ3) is 4.47. The van der Waals surface area contributed by atoms with Crippen molar-refractivity contribution < 1.29 is 23.1 Å². The number of benzene rings is 1. The Morgan fingerprint density at radius 2 is 1.85 bits per heavy atom. The van der Waals surface area contributed by atoms with Crippen molar-refractivity contribution in [2.75, 3.05) is 13.1 Å². The molecule has 2 heterocycles. The normalized spacial score (nSPS) is 17.6. The monoisotopic (exact) mass is 378 g/mol. The van der Waals surface area contributed by atoms with E-state index in [0.29, 0.717) is 37.2 Å². The van der Waals surface area contributed by atoms with Gasteiger partial charge in [-0.3, -0.25) is 14.7 Å². The minimum atomic E-state index is -4.42. The maximum Gasteiger partial charge on any atom is 0.416 e. The summed E-state index contributed by atoms with van der Waals surface area (Å²) >= 11 is 0. The molecule has 1 atom stereocenters. The summed E-state index contributed by atoms with van der Waals surface area (Å²) in [7, 11) is 0. The first kappa shape index (κ1) is 19.4. The van der Waals surface area contributed by atoms with Gasteiger partial charge in [0.25, 0.3) is 0 Å². The van der Waals surface area contributed by atoms with Gasteiger partial charge < -0.3 is 5.11 Å². The smallest absolute Gasteiger partial charge is 0.416 e. The molecule has 7 heteroatoms. The number of carboxylic acid groups (broad SMARTS) is 1. The van der Waals surface area contributed by atoms with Gasteiger partial charge in [0.15, 0.2) is 0 Å². The van der Waals surface area contributed by atoms with Crippen molar-refractivity contribution >= 4 is 5.97 Å². The number of carboxylic acids is 1. The lowest BCUT2D eigenvalue weighted by Gasteiger charge is -2.36. The van der Waals surface area contributed by atoms with Crippen LogP contribution < -0.4 is 0 Å². The first-order chi connectivity index (χ1) is 12.8. The quantitative estimate of drug-likeness (QED) is 0.862. The molecule has 4 nitrogen and oxygen atoms in total. The molecule has 1 aromatic heterocycles. The Hall–Kier alpha value is -2.41. The summed E-state index contributed by atoms with van der Waals surface area (Å²) in [4.78, 5) is 17.8. The zero-order valence-corrected chi connectivity index (χ0v) is 14.9. The van der Waals surface area contributed by atoms with Gasteiger partial charge >= 0.3 is 12.1 Å². The van der Waals surface area contributed by atoms with E-state index in [2.05, 4.69) is 4.98 Å². The van der Waals surface area contributed by atoms with E-state index in [9.17, 15) is 23.1 Å². The van der Waals surface area contributed by atoms with E-state index in [1.165, 1.54) is 6.07 Å². The van der Waals surface area contributed by atoms with Crippen LogP contribution in [0.5, 0.6) is 0 Å². The molecule has 3 rings (SSSR count). The van der Waals surface area contributed by atoms with Crippen LogP contribution in [0.3, 0.4) is 0 Å². The van der Waals surface area contributed by atoms with Crippen molar-refractivity contribution in [3.05, 3.63) is 65.0 Å². The van der Waals surface area contributed by atoms with Crippen molar-refractivity contribution in [1.82, 2.24) is 9.88 Å². The van der Waals surface area contributed by atoms with E-state index in [4.69, 9.17) is 0 Å². The number of alkyl halides is 3. The lowest BCUT2D eigenvalue weighted by molar-refractivity contribution is -0.143. The Morgan fingerprint density at radius 1 is 1.19 bits per heavy atom. The first-order valence-electron chi connectivity index (χ1n) is 8.83. The Labute approximate surface area is 155 Å². The molecule has 1 aliphatic heterocycles. The largest absolute Gasteiger partial charge is 0.481 e. The standard InChI is InChI=1S/C20H21F3N2O2/c1-13-4-2-7-17(24-13)18(25-10-8-14(9-11-25)19(26)27)15-5-3-6-16(12-15)20(21,22)23/h2-7,12,14,18H,8-11H2,1H3,(H,26,27). The van der Waals surface area contributed by atoms with Crippen LogP contribution >= 0.6 is 0 Å². The van der Waals surface area contributed by atoms with Gasteiger partial charge in [-0.05, 0) is 62.7 Å². The van der Waals surface area contributed by atoms with Gasteiger partial charge in [0.2, 0.25) is 0 Å². The van der Waals surface area contributed by atoms with Gasteiger partial charge in [0, 0.05) is 5.69 Å². The molecule has 0 radical (unpaired) electrons. The maximum absolute atomic E-state index is 13.2. The summed E-state index contributed by atoms with van der Waals surface area (Å²) in [5.74, 6) is -1.23. The molecule has 0 aliphatic carbocycles. The van der Waals surface area contributed by atoms with Crippen LogP contribution in [0.25, 0.3) is 0 Å². The van der Waals surface area contributed by atoms with Crippen molar-refractivity contribution in [2.24, 2.45) is 5.92 Å². The molecule has 1 saturated heterocycles. The molecule has 1 aromatic carbocycles. The van der Waals surface area contributed by atoms with E-state index < -0.39 is 29.7 Å². The van der Waals surface area contributed by atoms with E-state index in [0.717, 1.165) is 17.8 Å². The average Bonchev–Trinajstić information content (AvgIpc) is 2.62. The number of halogens is 3. The zero-order chi connectivity index (χ0) is 19.6. The lowest BCUT2D eigenvalue weighted by Crippen LogP contribution is -2.39. The van der Waals surface area contributed by atoms with E-state index in [1.807, 2.05) is 24.0 Å². The molecule has 27 heavy (non-hydrogen) atoms. The fourth-order valence-electron chi connectivity index (χ4n) is 3.57. The molecular formula is C20H21F3N2O2. The first-order valence-corrected chi connectivity index (χ1v) is 8.83. The van der Waals surface area contributed by atoms with Gasteiger partial charge in [-0.2, -0.15) is 13.2 Å². The number of aliphatic carboxylic acids is 1. The molecule has 1 N–H and O–H groups in total. The number of aromatic nitrogens is 1. The number of rotatable bonds is 4. The van der Waals surface area contributed by atoms with Crippen LogP contribution in [-0.4, -0.2) is 34.0 Å². The Kier molecular flexibility index (Phi) is 5.51. The van der Waals surface area contributed by atoms with Gasteiger partial charge in [-0.25, -0.2) is 0 Å². The maximum atomic E-state index is 13.2. The number of piperidine rings is 1. The predicted molar refractivity (Wildman–Crippen MR) is 94.2 cm³/mol. The van der Waals surface area contributed by atoms with Crippen LogP contribution in [0.1, 0.15) is 41.4 Å². The molecule has 1 fully saturated rings. The molecule has 0 amide bonds.